The Morgan fingerprint density at radius 2 is 1.88 bits per heavy atom. The largest absolute Gasteiger partial charge is 0.390 e. The molecular formula is C21H24ClF2N6O3+. The summed E-state index contributed by atoms with van der Waals surface area (Å²) in [5.74, 6) is -2.04. The van der Waals surface area contributed by atoms with Gasteiger partial charge in [-0.1, -0.05) is 0 Å². The molecule has 176 valence electrons. The molecule has 4 aliphatic rings. The molecule has 33 heavy (non-hydrogen) atoms. The summed E-state index contributed by atoms with van der Waals surface area (Å²) in [4.78, 5) is 8.49. The number of benzene rings is 1. The first-order valence-electron chi connectivity index (χ1n) is 10.9. The summed E-state index contributed by atoms with van der Waals surface area (Å²) < 4.78 is 40.5. The van der Waals surface area contributed by atoms with Crippen LogP contribution in [0.25, 0.3) is 0 Å². The van der Waals surface area contributed by atoms with Crippen molar-refractivity contribution in [1.29, 1.82) is 0 Å². The first-order chi connectivity index (χ1) is 15.6. The van der Waals surface area contributed by atoms with Gasteiger partial charge in [-0.25, -0.2) is 8.78 Å². The number of aromatic nitrogens is 2. The molecule has 2 saturated carbocycles. The zero-order valence-corrected chi connectivity index (χ0v) is 18.8. The second-order valence-corrected chi connectivity index (χ2v) is 9.82. The Kier molecular flexibility index (Phi) is 4.57. The quantitative estimate of drug-likeness (QED) is 0.450. The number of ether oxygens (including phenoxy) is 2. The van der Waals surface area contributed by atoms with E-state index < -0.39 is 35.7 Å². The molecule has 0 unspecified atom stereocenters. The minimum Gasteiger partial charge on any atom is -0.390 e. The number of halogens is 3. The molecule has 12 heteroatoms. The van der Waals surface area contributed by atoms with Gasteiger partial charge in [0.05, 0.1) is 6.10 Å². The molecule has 0 bridgehead atoms. The van der Waals surface area contributed by atoms with Gasteiger partial charge in [-0.15, -0.1) is 5.53 Å². The molecular weight excluding hydrogens is 458 g/mol. The fraction of sp³-hybridized carbons (Fsp3) is 0.524. The summed E-state index contributed by atoms with van der Waals surface area (Å²) in [7, 11) is 0. The van der Waals surface area contributed by atoms with Gasteiger partial charge in [0.15, 0.2) is 28.9 Å². The summed E-state index contributed by atoms with van der Waals surface area (Å²) in [5.41, 5.74) is 9.55. The lowest BCUT2D eigenvalue weighted by atomic mass is 10.1. The van der Waals surface area contributed by atoms with E-state index in [1.54, 1.807) is 24.4 Å². The maximum atomic E-state index is 14.4. The van der Waals surface area contributed by atoms with E-state index in [2.05, 4.69) is 9.97 Å². The van der Waals surface area contributed by atoms with Crippen molar-refractivity contribution in [3.8, 4) is 0 Å². The van der Waals surface area contributed by atoms with Crippen molar-refractivity contribution in [3.63, 3.8) is 0 Å². The fourth-order valence-corrected chi connectivity index (χ4v) is 5.36. The third-order valence-corrected chi connectivity index (χ3v) is 6.87. The predicted molar refractivity (Wildman–Crippen MR) is 115 cm³/mol. The van der Waals surface area contributed by atoms with Crippen LogP contribution in [0.3, 0.4) is 0 Å². The van der Waals surface area contributed by atoms with Gasteiger partial charge in [-0.2, -0.15) is 20.0 Å². The Morgan fingerprint density at radius 3 is 2.61 bits per heavy atom. The Balaban J connectivity index is 1.45. The maximum Gasteiger partial charge on any atom is 0.226 e. The van der Waals surface area contributed by atoms with Gasteiger partial charge in [0.25, 0.3) is 0 Å². The van der Waals surface area contributed by atoms with Crippen LogP contribution in [-0.4, -0.2) is 45.2 Å². The summed E-state index contributed by atoms with van der Waals surface area (Å²) in [6, 6.07) is 2.07. The monoisotopic (exact) mass is 481 g/mol. The average molecular weight is 482 g/mol. The van der Waals surface area contributed by atoms with Gasteiger partial charge in [-0.05, 0) is 55.8 Å². The number of hydrogen-bond donors (Lipinski definition) is 3. The highest BCUT2D eigenvalue weighted by Gasteiger charge is 2.58. The van der Waals surface area contributed by atoms with Crippen LogP contribution in [-0.2, 0) is 9.47 Å². The Morgan fingerprint density at radius 1 is 1.18 bits per heavy atom. The van der Waals surface area contributed by atoms with Gasteiger partial charge in [0.1, 0.15) is 23.9 Å². The first kappa shape index (κ1) is 21.2. The molecule has 9 nitrogen and oxygen atoms in total. The highest BCUT2D eigenvalue weighted by Crippen LogP contribution is 2.49. The number of nitrogens with two attached hydrogens (primary N) is 2. The number of nitrogens with zero attached hydrogens (tertiary/aromatic N) is 4. The van der Waals surface area contributed by atoms with Crippen molar-refractivity contribution in [2.75, 3.05) is 15.8 Å². The Labute approximate surface area is 193 Å². The normalized spacial score (nSPS) is 30.1. The highest BCUT2D eigenvalue weighted by atomic mass is 35.5. The lowest BCUT2D eigenvalue weighted by Crippen LogP contribution is -3.01. The highest BCUT2D eigenvalue weighted by molar-refractivity contribution is 6.28. The molecule has 3 heterocycles. The molecule has 4 atom stereocenters. The molecule has 1 saturated heterocycles. The number of rotatable bonds is 3. The van der Waals surface area contributed by atoms with Crippen LogP contribution in [0.2, 0.25) is 5.28 Å². The zero-order valence-electron chi connectivity index (χ0n) is 18.0. The molecule has 0 spiro atoms. The van der Waals surface area contributed by atoms with Crippen molar-refractivity contribution in [2.24, 2.45) is 0 Å². The molecule has 6 rings (SSSR count). The predicted octanol–water partition coefficient (Wildman–Crippen LogP) is 1.87. The summed E-state index contributed by atoms with van der Waals surface area (Å²) in [6.07, 6.45) is 0.455. The number of anilines is 4. The average Bonchev–Trinajstić information content (AvgIpc) is 3.35. The van der Waals surface area contributed by atoms with Crippen molar-refractivity contribution in [1.82, 2.24) is 9.97 Å². The van der Waals surface area contributed by atoms with Gasteiger partial charge >= 0.3 is 0 Å². The number of fused-ring (bicyclic) bond motifs is 2. The smallest absolute Gasteiger partial charge is 0.226 e. The Hall–Kier alpha value is -2.31. The minimum atomic E-state index is -0.957. The van der Waals surface area contributed by atoms with Crippen LogP contribution in [0.15, 0.2) is 12.1 Å². The van der Waals surface area contributed by atoms with Crippen LogP contribution in [0.1, 0.15) is 44.6 Å². The topological polar surface area (TPSA) is 114 Å². The molecule has 1 aromatic carbocycles. The van der Waals surface area contributed by atoms with Crippen LogP contribution in [0.4, 0.5) is 31.8 Å². The minimum absolute atomic E-state index is 0.0433. The molecule has 0 amide bonds. The van der Waals surface area contributed by atoms with E-state index >= 15 is 0 Å². The Bertz CT molecular complexity index is 1150. The van der Waals surface area contributed by atoms with Gasteiger partial charge in [-0.3, -0.25) is 0 Å². The number of aliphatic hydroxyl groups is 1. The van der Waals surface area contributed by atoms with Crippen molar-refractivity contribution < 1.29 is 28.9 Å². The summed E-state index contributed by atoms with van der Waals surface area (Å²) in [6.45, 7) is 3.59. The third-order valence-electron chi connectivity index (χ3n) is 6.70. The van der Waals surface area contributed by atoms with Crippen molar-refractivity contribution in [3.05, 3.63) is 34.6 Å². The molecule has 3 fully saturated rings. The number of quaternary nitrogens is 1. The van der Waals surface area contributed by atoms with Crippen molar-refractivity contribution in [2.45, 2.75) is 69.2 Å². The maximum absolute atomic E-state index is 14.4. The molecule has 5 N–H and O–H groups in total. The standard InChI is InChI=1S/C21H23ClF2N6O3/c1-21(2)32-16-13(7-14(31)17(16)33-21)30-19-15(18(25)26-20(22)27-19)29(28-30)12-6-11(24)10(23)5-9(12)8-3-4-8/h5-6,8,13-14,16-17,28,31H,3-4,7H2,1-2H3,(H2,25,26,27)/p+1/t13-,14+,16+,17-/m1/s1. The van der Waals surface area contributed by atoms with E-state index in [0.717, 1.165) is 12.8 Å². The second kappa shape index (κ2) is 7.09. The lowest BCUT2D eigenvalue weighted by Gasteiger charge is -2.28. The SMILES string of the molecule is CC1(C)O[C@@H]2[C@H](O1)[C@@H](O)C[C@H]2N1[NH2+]N(c2cc(F)c(F)cc2C2CC2)c2c(N)nc(Cl)nc21. The van der Waals surface area contributed by atoms with E-state index in [-0.39, 0.29) is 23.1 Å². The van der Waals surface area contributed by atoms with Crippen molar-refractivity contribution >= 4 is 34.6 Å². The fourth-order valence-electron chi connectivity index (χ4n) is 5.19. The van der Waals surface area contributed by atoms with Crippen LogP contribution in [0.5, 0.6) is 0 Å². The van der Waals surface area contributed by atoms with E-state index in [9.17, 15) is 13.9 Å². The molecule has 2 aliphatic carbocycles. The van der Waals surface area contributed by atoms with E-state index in [4.69, 9.17) is 26.8 Å². The van der Waals surface area contributed by atoms with Crippen LogP contribution < -0.4 is 21.3 Å². The summed E-state index contributed by atoms with van der Waals surface area (Å²) >= 11 is 6.14. The van der Waals surface area contributed by atoms with Crippen LogP contribution in [0, 0.1) is 11.6 Å². The molecule has 0 radical (unpaired) electrons. The van der Waals surface area contributed by atoms with E-state index in [1.807, 2.05) is 5.01 Å². The lowest BCUT2D eigenvalue weighted by molar-refractivity contribution is -0.667. The van der Waals surface area contributed by atoms with Crippen LogP contribution >= 0.6 is 11.6 Å². The molecule has 2 aromatic rings. The van der Waals surface area contributed by atoms with Gasteiger partial charge in [0, 0.05) is 12.5 Å². The van der Waals surface area contributed by atoms with E-state index in [1.165, 1.54) is 12.1 Å². The van der Waals surface area contributed by atoms with Gasteiger partial charge < -0.3 is 20.3 Å². The summed E-state index contributed by atoms with van der Waals surface area (Å²) in [5, 5.41) is 14.1. The first-order valence-corrected chi connectivity index (χ1v) is 11.3. The molecule has 1 aromatic heterocycles. The zero-order chi connectivity index (χ0) is 23.2. The number of nitrogen functional groups attached to an aromatic ring is 1. The van der Waals surface area contributed by atoms with E-state index in [0.29, 0.717) is 29.2 Å². The third kappa shape index (κ3) is 3.33. The molecule has 2 aliphatic heterocycles. The second-order valence-electron chi connectivity index (χ2n) is 9.48. The number of aliphatic hydroxyl groups excluding tert-OH is 1. The number of hydrogen-bond acceptors (Lipinski definition) is 8. The van der Waals surface area contributed by atoms with Gasteiger partial charge in [0.2, 0.25) is 11.1 Å².